The van der Waals surface area contributed by atoms with Crippen LogP contribution in [0.5, 0.6) is 5.75 Å². The van der Waals surface area contributed by atoms with E-state index < -0.39 is 54.4 Å². The number of nitrogens with zero attached hydrogens (tertiary/aromatic N) is 2. The average Bonchev–Trinajstić information content (AvgIpc) is 3.02. The molecule has 12 heteroatoms. The minimum Gasteiger partial charge on any atom is -0.481 e. The van der Waals surface area contributed by atoms with Gasteiger partial charge in [0.05, 0.1) is 12.3 Å². The van der Waals surface area contributed by atoms with Crippen LogP contribution in [0, 0.1) is 11.3 Å². The van der Waals surface area contributed by atoms with Gasteiger partial charge in [-0.1, -0.05) is 39.0 Å². The molecule has 0 aromatic heterocycles. The number of hydrogen-bond donors (Lipinski definition) is 1. The van der Waals surface area contributed by atoms with Crippen molar-refractivity contribution >= 4 is 35.2 Å². The van der Waals surface area contributed by atoms with Crippen molar-refractivity contribution in [1.82, 2.24) is 4.90 Å². The van der Waals surface area contributed by atoms with Crippen LogP contribution in [0.25, 0.3) is 0 Å². The fourth-order valence-electron chi connectivity index (χ4n) is 5.33. The quantitative estimate of drug-likeness (QED) is 0.392. The molecule has 0 spiro atoms. The highest BCUT2D eigenvalue weighted by Gasteiger charge is 2.42. The molecule has 8 nitrogen and oxygen atoms in total. The van der Waals surface area contributed by atoms with Gasteiger partial charge in [-0.2, -0.15) is 0 Å². The number of carboxylic acid groups (broad SMARTS) is 1. The summed E-state index contributed by atoms with van der Waals surface area (Å²) in [7, 11) is 0. The highest BCUT2D eigenvalue weighted by atomic mass is 32.2. The Kier molecular flexibility index (Phi) is 9.46. The number of piperidine rings is 1. The Balaban J connectivity index is 1.81. The average molecular weight is 609 g/mol. The number of fused-ring (bicyclic) bond motifs is 1. The molecule has 2 heterocycles. The Labute approximate surface area is 247 Å². The largest absolute Gasteiger partial charge is 0.573 e. The van der Waals surface area contributed by atoms with Crippen LogP contribution < -0.4 is 9.64 Å². The number of carbonyl (C=O) groups is 3. The molecule has 3 atom stereocenters. The van der Waals surface area contributed by atoms with Gasteiger partial charge in [-0.25, -0.2) is 0 Å². The van der Waals surface area contributed by atoms with Crippen LogP contribution in [0.3, 0.4) is 0 Å². The Morgan fingerprint density at radius 1 is 1.12 bits per heavy atom. The van der Waals surface area contributed by atoms with Gasteiger partial charge in [0.2, 0.25) is 5.91 Å². The topological polar surface area (TPSA) is 96.4 Å². The summed E-state index contributed by atoms with van der Waals surface area (Å²) in [6.07, 6.45) is -5.08. The van der Waals surface area contributed by atoms with E-state index in [4.69, 9.17) is 4.74 Å². The molecule has 2 aromatic rings. The first-order valence-corrected chi connectivity index (χ1v) is 14.9. The third kappa shape index (κ3) is 7.57. The van der Waals surface area contributed by atoms with Crippen molar-refractivity contribution in [1.29, 1.82) is 0 Å². The summed E-state index contributed by atoms with van der Waals surface area (Å²) < 4.78 is 51.0. The van der Waals surface area contributed by atoms with Crippen molar-refractivity contribution in [2.75, 3.05) is 30.8 Å². The molecule has 4 rings (SSSR count). The molecule has 0 aliphatic carbocycles. The van der Waals surface area contributed by atoms with Gasteiger partial charge in [0.1, 0.15) is 18.0 Å². The SMILES string of the molecule is CSc1ccc2c(c1)C(c1ccccc1OC(F)(F)F)OC(CC(=O)N1CCCC(C(=O)O)C1)C(=O)N2CC(C)(C)C. The van der Waals surface area contributed by atoms with Gasteiger partial charge in [0, 0.05) is 41.3 Å². The van der Waals surface area contributed by atoms with Crippen LogP contribution in [-0.2, 0) is 19.1 Å². The van der Waals surface area contributed by atoms with E-state index in [-0.39, 0.29) is 24.1 Å². The van der Waals surface area contributed by atoms with E-state index in [1.54, 1.807) is 23.1 Å². The summed E-state index contributed by atoms with van der Waals surface area (Å²) in [6, 6.07) is 11.0. The lowest BCUT2D eigenvalue weighted by Gasteiger charge is -2.33. The number of benzene rings is 2. The first-order chi connectivity index (χ1) is 19.7. The van der Waals surface area contributed by atoms with E-state index in [0.29, 0.717) is 30.6 Å². The standard InChI is InChI=1S/C30H35F3N2O6S/c1-29(2,3)17-35-22-12-11-19(42-4)14-21(22)26(20-9-5-6-10-23(20)41-30(31,32)33)40-24(27(35)37)15-25(36)34-13-7-8-18(16-34)28(38)39/h5-6,9-12,14,18,24,26H,7-8,13,15-17H2,1-4H3,(H,38,39). The zero-order valence-electron chi connectivity index (χ0n) is 23.9. The number of aliphatic carboxylic acids is 1. The minimum atomic E-state index is -4.97. The van der Waals surface area contributed by atoms with Crippen molar-refractivity contribution in [2.45, 2.75) is 63.5 Å². The summed E-state index contributed by atoms with van der Waals surface area (Å²) in [6.45, 7) is 6.47. The number of carbonyl (C=O) groups excluding carboxylic acids is 2. The highest BCUT2D eigenvalue weighted by molar-refractivity contribution is 7.98. The number of carboxylic acids is 1. The Hall–Kier alpha value is -3.25. The fraction of sp³-hybridized carbons (Fsp3) is 0.500. The summed E-state index contributed by atoms with van der Waals surface area (Å²) in [5.74, 6) is -3.13. The number of alkyl halides is 3. The Bertz CT molecular complexity index is 1330. The predicted octanol–water partition coefficient (Wildman–Crippen LogP) is 5.89. The number of halogens is 3. The van der Waals surface area contributed by atoms with Gasteiger partial charge < -0.3 is 24.4 Å². The summed E-state index contributed by atoms with van der Waals surface area (Å²) in [4.78, 5) is 43.0. The molecular weight excluding hydrogens is 573 g/mol. The van der Waals surface area contributed by atoms with Crippen LogP contribution in [0.2, 0.25) is 0 Å². The molecule has 2 amide bonds. The Morgan fingerprint density at radius 2 is 1.83 bits per heavy atom. The van der Waals surface area contributed by atoms with Gasteiger partial charge in [-0.3, -0.25) is 14.4 Å². The molecule has 1 fully saturated rings. The Morgan fingerprint density at radius 3 is 2.48 bits per heavy atom. The first kappa shape index (κ1) is 31.7. The van der Waals surface area contributed by atoms with Gasteiger partial charge in [0.25, 0.3) is 5.91 Å². The van der Waals surface area contributed by atoms with Gasteiger partial charge >= 0.3 is 12.3 Å². The molecule has 2 aliphatic rings. The maximum absolute atomic E-state index is 14.1. The molecule has 0 bridgehead atoms. The number of amides is 2. The molecule has 0 radical (unpaired) electrons. The molecule has 3 unspecified atom stereocenters. The second-order valence-corrected chi connectivity index (χ2v) is 12.6. The van der Waals surface area contributed by atoms with Crippen LogP contribution in [0.4, 0.5) is 18.9 Å². The zero-order valence-corrected chi connectivity index (χ0v) is 24.8. The number of anilines is 1. The van der Waals surface area contributed by atoms with Gasteiger partial charge in [-0.05, 0) is 48.8 Å². The molecule has 1 N–H and O–H groups in total. The number of likely N-dealkylation sites (tertiary alicyclic amines) is 1. The van der Waals surface area contributed by atoms with Crippen LogP contribution >= 0.6 is 11.8 Å². The molecule has 0 saturated carbocycles. The molecule has 1 saturated heterocycles. The second-order valence-electron chi connectivity index (χ2n) is 11.7. The summed E-state index contributed by atoms with van der Waals surface area (Å²) in [5.41, 5.74) is 0.620. The molecule has 2 aliphatic heterocycles. The van der Waals surface area contributed by atoms with E-state index in [2.05, 4.69) is 4.74 Å². The van der Waals surface area contributed by atoms with E-state index in [1.165, 1.54) is 34.9 Å². The van der Waals surface area contributed by atoms with E-state index in [9.17, 15) is 32.7 Å². The van der Waals surface area contributed by atoms with Crippen LogP contribution in [0.1, 0.15) is 57.3 Å². The van der Waals surface area contributed by atoms with Crippen LogP contribution in [0.15, 0.2) is 47.4 Å². The van der Waals surface area contributed by atoms with Gasteiger partial charge in [0.15, 0.2) is 0 Å². The van der Waals surface area contributed by atoms with E-state index in [1.807, 2.05) is 33.1 Å². The fourth-order valence-corrected chi connectivity index (χ4v) is 5.77. The number of para-hydroxylation sites is 1. The molecular formula is C30H35F3N2O6S. The van der Waals surface area contributed by atoms with Crippen molar-refractivity contribution in [3.05, 3.63) is 53.6 Å². The first-order valence-electron chi connectivity index (χ1n) is 13.7. The van der Waals surface area contributed by atoms with Crippen molar-refractivity contribution in [3.8, 4) is 5.75 Å². The monoisotopic (exact) mass is 608 g/mol. The lowest BCUT2D eigenvalue weighted by molar-refractivity contribution is -0.275. The van der Waals surface area contributed by atoms with E-state index >= 15 is 0 Å². The van der Waals surface area contributed by atoms with Crippen LogP contribution in [-0.4, -0.2) is 66.1 Å². The zero-order chi connectivity index (χ0) is 30.8. The van der Waals surface area contributed by atoms with Crippen molar-refractivity contribution in [2.24, 2.45) is 11.3 Å². The minimum absolute atomic E-state index is 0.0176. The van der Waals surface area contributed by atoms with Crippen molar-refractivity contribution < 1.29 is 42.1 Å². The molecule has 228 valence electrons. The lowest BCUT2D eigenvalue weighted by Crippen LogP contribution is -2.47. The smallest absolute Gasteiger partial charge is 0.481 e. The third-order valence-electron chi connectivity index (χ3n) is 7.19. The predicted molar refractivity (Wildman–Crippen MR) is 151 cm³/mol. The maximum atomic E-state index is 14.1. The third-order valence-corrected chi connectivity index (χ3v) is 7.92. The normalized spacial score (nSPS) is 21.5. The maximum Gasteiger partial charge on any atom is 0.573 e. The number of ether oxygens (including phenoxy) is 2. The van der Waals surface area contributed by atoms with E-state index in [0.717, 1.165) is 4.90 Å². The molecule has 42 heavy (non-hydrogen) atoms. The summed E-state index contributed by atoms with van der Waals surface area (Å²) >= 11 is 1.43. The number of hydrogen-bond acceptors (Lipinski definition) is 6. The van der Waals surface area contributed by atoms with Gasteiger partial charge in [-0.15, -0.1) is 24.9 Å². The number of thioether (sulfide) groups is 1. The lowest BCUT2D eigenvalue weighted by atomic mass is 9.94. The number of rotatable bonds is 7. The highest BCUT2D eigenvalue weighted by Crippen LogP contribution is 2.44. The second kappa shape index (κ2) is 12.5. The summed E-state index contributed by atoms with van der Waals surface area (Å²) in [5, 5.41) is 9.47. The molecule has 2 aromatic carbocycles. The van der Waals surface area contributed by atoms with Crippen molar-refractivity contribution in [3.63, 3.8) is 0 Å².